The molecule has 30 heavy (non-hydrogen) atoms. The normalized spacial score (nSPS) is 16.5. The summed E-state index contributed by atoms with van der Waals surface area (Å²) in [5.41, 5.74) is 1.17. The maximum absolute atomic E-state index is 14.4. The predicted molar refractivity (Wildman–Crippen MR) is 111 cm³/mol. The molecule has 0 saturated carbocycles. The molecule has 0 bridgehead atoms. The van der Waals surface area contributed by atoms with Crippen LogP contribution in [0.3, 0.4) is 0 Å². The molecule has 2 aromatic rings. The van der Waals surface area contributed by atoms with E-state index in [2.05, 4.69) is 4.90 Å². The van der Waals surface area contributed by atoms with Crippen LogP contribution in [0.2, 0.25) is 0 Å². The van der Waals surface area contributed by atoms with Gasteiger partial charge in [0.15, 0.2) is 0 Å². The average molecular weight is 417 g/mol. The molecule has 0 aromatic heterocycles. The molecule has 6 heteroatoms. The minimum absolute atomic E-state index is 0.245. The molecule has 1 fully saturated rings. The molecule has 1 heterocycles. The molecule has 1 saturated heterocycles. The highest BCUT2D eigenvalue weighted by Crippen LogP contribution is 2.28. The molecule has 0 spiro atoms. The average Bonchev–Trinajstić information content (AvgIpc) is 2.74. The van der Waals surface area contributed by atoms with Crippen molar-refractivity contribution in [1.29, 1.82) is 0 Å². The highest BCUT2D eigenvalue weighted by atomic mass is 19.1. The van der Waals surface area contributed by atoms with Gasteiger partial charge in [-0.2, -0.15) is 0 Å². The van der Waals surface area contributed by atoms with Crippen molar-refractivity contribution in [3.8, 4) is 0 Å². The Morgan fingerprint density at radius 1 is 1.10 bits per heavy atom. The summed E-state index contributed by atoms with van der Waals surface area (Å²) in [6, 6.07) is 12.5. The van der Waals surface area contributed by atoms with Crippen molar-refractivity contribution in [1.82, 2.24) is 4.90 Å². The van der Waals surface area contributed by atoms with Gasteiger partial charge in [0.1, 0.15) is 17.7 Å². The zero-order chi connectivity index (χ0) is 21.3. The van der Waals surface area contributed by atoms with E-state index in [0.717, 1.165) is 50.9 Å². The highest BCUT2D eigenvalue weighted by Gasteiger charge is 2.21. The van der Waals surface area contributed by atoms with Crippen molar-refractivity contribution >= 4 is 5.97 Å². The van der Waals surface area contributed by atoms with Crippen molar-refractivity contribution in [2.45, 2.75) is 38.2 Å². The molecule has 1 unspecified atom stereocenters. The van der Waals surface area contributed by atoms with Crippen LogP contribution in [0.5, 0.6) is 0 Å². The minimum Gasteiger partial charge on any atom is -0.481 e. The van der Waals surface area contributed by atoms with Gasteiger partial charge in [-0.1, -0.05) is 30.3 Å². The smallest absolute Gasteiger partial charge is 0.303 e. The summed E-state index contributed by atoms with van der Waals surface area (Å²) in [6.07, 6.45) is 3.50. The largest absolute Gasteiger partial charge is 0.481 e. The molecule has 1 atom stereocenters. The summed E-state index contributed by atoms with van der Waals surface area (Å²) >= 11 is 0. The number of aliphatic carboxylic acids is 1. The van der Waals surface area contributed by atoms with E-state index in [1.165, 1.54) is 18.2 Å². The number of nitrogens with zero attached hydrogens (tertiary/aromatic N) is 1. The Morgan fingerprint density at radius 3 is 2.47 bits per heavy atom. The molecule has 1 aliphatic rings. The number of carbonyl (C=O) groups is 1. The van der Waals surface area contributed by atoms with Crippen LogP contribution < -0.4 is 0 Å². The third-order valence-electron chi connectivity index (χ3n) is 5.76. The number of halogens is 2. The molecular weight excluding hydrogens is 388 g/mol. The van der Waals surface area contributed by atoms with Crippen molar-refractivity contribution in [2.75, 3.05) is 26.2 Å². The fraction of sp³-hybridized carbons (Fsp3) is 0.458. The summed E-state index contributed by atoms with van der Waals surface area (Å²) in [7, 11) is 0. The Hall–Kier alpha value is -2.31. The lowest BCUT2D eigenvalue weighted by molar-refractivity contribution is -0.137. The zero-order valence-corrected chi connectivity index (χ0v) is 17.1. The number of piperidine rings is 1. The van der Waals surface area contributed by atoms with Crippen LogP contribution in [-0.4, -0.2) is 42.2 Å². The molecule has 0 amide bonds. The summed E-state index contributed by atoms with van der Waals surface area (Å²) in [5.74, 6) is -0.812. The fourth-order valence-electron chi connectivity index (χ4n) is 4.03. The standard InChI is InChI=1S/C24H29F2NO3/c25-20-10-8-19(9-11-20)24(21-5-1-2-6-22(21)26)30-17-16-27-14-12-18(13-15-27)4-3-7-23(28)29/h1-2,5-6,8-11,18,24H,3-4,7,12-17H2,(H,28,29). The number of rotatable bonds is 10. The topological polar surface area (TPSA) is 49.8 Å². The number of hydrogen-bond acceptors (Lipinski definition) is 3. The molecule has 0 aliphatic carbocycles. The van der Waals surface area contributed by atoms with Crippen molar-refractivity contribution < 1.29 is 23.4 Å². The zero-order valence-electron chi connectivity index (χ0n) is 17.1. The second-order valence-electron chi connectivity index (χ2n) is 7.89. The number of benzene rings is 2. The van der Waals surface area contributed by atoms with Gasteiger partial charge in [0.05, 0.1) is 6.61 Å². The van der Waals surface area contributed by atoms with Gasteiger partial charge in [-0.3, -0.25) is 4.79 Å². The highest BCUT2D eigenvalue weighted by molar-refractivity contribution is 5.66. The summed E-state index contributed by atoms with van der Waals surface area (Å²) in [5, 5.41) is 8.76. The van der Waals surface area contributed by atoms with Crippen LogP contribution in [0.15, 0.2) is 48.5 Å². The number of carboxylic acids is 1. The van der Waals surface area contributed by atoms with E-state index < -0.39 is 12.1 Å². The number of hydrogen-bond donors (Lipinski definition) is 1. The van der Waals surface area contributed by atoms with Crippen LogP contribution in [-0.2, 0) is 9.53 Å². The number of likely N-dealkylation sites (tertiary alicyclic amines) is 1. The Labute approximate surface area is 176 Å². The van der Waals surface area contributed by atoms with Gasteiger partial charge < -0.3 is 14.7 Å². The first kappa shape index (κ1) is 22.4. The lowest BCUT2D eigenvalue weighted by Gasteiger charge is -2.32. The molecule has 1 aliphatic heterocycles. The second-order valence-corrected chi connectivity index (χ2v) is 7.89. The fourth-order valence-corrected chi connectivity index (χ4v) is 4.03. The van der Waals surface area contributed by atoms with Crippen molar-refractivity contribution in [3.63, 3.8) is 0 Å². The summed E-state index contributed by atoms with van der Waals surface area (Å²) < 4.78 is 33.8. The molecule has 162 valence electrons. The molecule has 1 N–H and O–H groups in total. The van der Waals surface area contributed by atoms with Crippen LogP contribution in [0, 0.1) is 17.6 Å². The van der Waals surface area contributed by atoms with Crippen LogP contribution in [0.1, 0.15) is 49.3 Å². The summed E-state index contributed by atoms with van der Waals surface area (Å²) in [6.45, 7) is 3.11. The van der Waals surface area contributed by atoms with Gasteiger partial charge >= 0.3 is 5.97 Å². The Kier molecular flexibility index (Phi) is 8.34. The van der Waals surface area contributed by atoms with Gasteiger partial charge in [0, 0.05) is 18.5 Å². The van der Waals surface area contributed by atoms with E-state index in [-0.39, 0.29) is 18.1 Å². The van der Waals surface area contributed by atoms with Gasteiger partial charge in [0.25, 0.3) is 0 Å². The van der Waals surface area contributed by atoms with Crippen LogP contribution in [0.25, 0.3) is 0 Å². The first-order valence-electron chi connectivity index (χ1n) is 10.6. The minimum atomic E-state index is -0.727. The number of carboxylic acid groups (broad SMARTS) is 1. The quantitative estimate of drug-likeness (QED) is 0.589. The lowest BCUT2D eigenvalue weighted by atomic mass is 9.91. The van der Waals surface area contributed by atoms with E-state index >= 15 is 0 Å². The first-order chi connectivity index (χ1) is 14.5. The van der Waals surface area contributed by atoms with Gasteiger partial charge in [0.2, 0.25) is 0 Å². The Morgan fingerprint density at radius 2 is 1.80 bits per heavy atom. The molecule has 4 nitrogen and oxygen atoms in total. The Bertz CT molecular complexity index is 804. The second kappa shape index (κ2) is 11.2. The van der Waals surface area contributed by atoms with E-state index in [9.17, 15) is 13.6 Å². The van der Waals surface area contributed by atoms with E-state index in [1.54, 1.807) is 30.3 Å². The maximum atomic E-state index is 14.4. The summed E-state index contributed by atoms with van der Waals surface area (Å²) in [4.78, 5) is 13.0. The van der Waals surface area contributed by atoms with Crippen LogP contribution >= 0.6 is 0 Å². The van der Waals surface area contributed by atoms with Crippen molar-refractivity contribution in [3.05, 3.63) is 71.3 Å². The van der Waals surface area contributed by atoms with E-state index in [1.807, 2.05) is 0 Å². The third kappa shape index (κ3) is 6.61. The van der Waals surface area contributed by atoms with Crippen molar-refractivity contribution in [2.24, 2.45) is 5.92 Å². The van der Waals surface area contributed by atoms with Gasteiger partial charge in [-0.05, 0) is 68.5 Å². The Balaban J connectivity index is 1.51. The molecular formula is C24H29F2NO3. The molecule has 3 rings (SSSR count). The maximum Gasteiger partial charge on any atom is 0.303 e. The van der Waals surface area contributed by atoms with Crippen LogP contribution in [0.4, 0.5) is 8.78 Å². The van der Waals surface area contributed by atoms with Gasteiger partial charge in [-0.15, -0.1) is 0 Å². The van der Waals surface area contributed by atoms with E-state index in [0.29, 0.717) is 18.1 Å². The number of ether oxygens (including phenoxy) is 1. The monoisotopic (exact) mass is 417 g/mol. The predicted octanol–water partition coefficient (Wildman–Crippen LogP) is 5.04. The lowest BCUT2D eigenvalue weighted by Crippen LogP contribution is -2.36. The van der Waals surface area contributed by atoms with E-state index in [4.69, 9.17) is 9.84 Å². The molecule has 0 radical (unpaired) electrons. The first-order valence-corrected chi connectivity index (χ1v) is 10.6. The van der Waals surface area contributed by atoms with Gasteiger partial charge in [-0.25, -0.2) is 8.78 Å². The molecule has 2 aromatic carbocycles. The third-order valence-corrected chi connectivity index (χ3v) is 5.76. The SMILES string of the molecule is O=C(O)CCCC1CCN(CCOC(c2ccc(F)cc2)c2ccccc2F)CC1.